The maximum absolute atomic E-state index is 12.8. The second-order valence-electron chi connectivity index (χ2n) is 7.16. The highest BCUT2D eigenvalue weighted by atomic mass is 16.5. The Labute approximate surface area is 151 Å². The van der Waals surface area contributed by atoms with Crippen molar-refractivity contribution in [3.63, 3.8) is 0 Å². The summed E-state index contributed by atoms with van der Waals surface area (Å²) in [5, 5.41) is 3.42. The molecule has 2 heterocycles. The third-order valence-electron chi connectivity index (χ3n) is 5.28. The molecule has 0 radical (unpaired) electrons. The van der Waals surface area contributed by atoms with Crippen LogP contribution >= 0.6 is 0 Å². The van der Waals surface area contributed by atoms with Crippen molar-refractivity contribution in [2.75, 3.05) is 45.9 Å². The lowest BCUT2D eigenvalue weighted by Crippen LogP contribution is -2.52. The van der Waals surface area contributed by atoms with E-state index in [-0.39, 0.29) is 12.0 Å². The van der Waals surface area contributed by atoms with Crippen LogP contribution in [0.1, 0.15) is 25.3 Å². The van der Waals surface area contributed by atoms with Crippen LogP contribution < -0.4 is 5.32 Å². The number of amides is 1. The molecule has 138 valence electrons. The number of benzene rings is 1. The average molecular weight is 345 g/mol. The predicted octanol–water partition coefficient (Wildman–Crippen LogP) is 1.74. The fourth-order valence-corrected chi connectivity index (χ4v) is 3.75. The summed E-state index contributed by atoms with van der Waals surface area (Å²) < 4.78 is 5.81. The largest absolute Gasteiger partial charge is 0.366 e. The van der Waals surface area contributed by atoms with E-state index in [9.17, 15) is 4.79 Å². The minimum Gasteiger partial charge on any atom is -0.366 e. The van der Waals surface area contributed by atoms with Gasteiger partial charge in [0.25, 0.3) is 5.91 Å². The third kappa shape index (κ3) is 5.27. The lowest BCUT2D eigenvalue weighted by molar-refractivity contribution is -0.151. The van der Waals surface area contributed by atoms with Crippen molar-refractivity contribution < 1.29 is 9.53 Å². The van der Waals surface area contributed by atoms with E-state index in [1.165, 1.54) is 5.56 Å². The highest BCUT2D eigenvalue weighted by Gasteiger charge is 2.32. The van der Waals surface area contributed by atoms with E-state index < -0.39 is 0 Å². The van der Waals surface area contributed by atoms with Gasteiger partial charge in [0.1, 0.15) is 6.10 Å². The summed E-state index contributed by atoms with van der Waals surface area (Å²) in [6.45, 7) is 9.09. The lowest BCUT2D eigenvalue weighted by atomic mass is 9.96. The first-order chi connectivity index (χ1) is 12.3. The van der Waals surface area contributed by atoms with Gasteiger partial charge < -0.3 is 15.0 Å². The zero-order valence-corrected chi connectivity index (χ0v) is 15.3. The summed E-state index contributed by atoms with van der Waals surface area (Å²) in [4.78, 5) is 17.2. The van der Waals surface area contributed by atoms with Crippen molar-refractivity contribution >= 4 is 5.91 Å². The molecule has 0 spiro atoms. The summed E-state index contributed by atoms with van der Waals surface area (Å²) in [7, 11) is 0. The first-order valence-electron chi connectivity index (χ1n) is 9.63. The van der Waals surface area contributed by atoms with Gasteiger partial charge in [-0.3, -0.25) is 9.69 Å². The molecular weight excluding hydrogens is 314 g/mol. The molecule has 1 aromatic carbocycles. The number of nitrogens with zero attached hydrogens (tertiary/aromatic N) is 2. The van der Waals surface area contributed by atoms with Crippen LogP contribution in [0.15, 0.2) is 30.3 Å². The third-order valence-corrected chi connectivity index (χ3v) is 5.28. The number of piperidine rings is 1. The van der Waals surface area contributed by atoms with E-state index >= 15 is 0 Å². The molecule has 25 heavy (non-hydrogen) atoms. The Morgan fingerprint density at radius 1 is 1.20 bits per heavy atom. The van der Waals surface area contributed by atoms with E-state index in [0.29, 0.717) is 19.1 Å². The van der Waals surface area contributed by atoms with Crippen LogP contribution in [0, 0.1) is 5.92 Å². The quantitative estimate of drug-likeness (QED) is 0.853. The minimum atomic E-state index is -0.303. The first kappa shape index (κ1) is 18.4. The molecule has 0 aliphatic carbocycles. The lowest BCUT2D eigenvalue weighted by Gasteiger charge is -2.37. The summed E-state index contributed by atoms with van der Waals surface area (Å²) in [6, 6.07) is 10.4. The maximum atomic E-state index is 12.8. The molecule has 1 atom stereocenters. The molecule has 1 N–H and O–H groups in total. The van der Waals surface area contributed by atoms with Crippen LogP contribution in [0.25, 0.3) is 0 Å². The van der Waals surface area contributed by atoms with Crippen molar-refractivity contribution in [1.82, 2.24) is 15.1 Å². The van der Waals surface area contributed by atoms with Crippen molar-refractivity contribution in [2.24, 2.45) is 5.92 Å². The number of carbonyl (C=O) groups is 1. The van der Waals surface area contributed by atoms with Crippen molar-refractivity contribution in [2.45, 2.75) is 32.4 Å². The van der Waals surface area contributed by atoms with Crippen LogP contribution in [-0.4, -0.2) is 67.7 Å². The molecule has 2 saturated heterocycles. The molecule has 0 aromatic heterocycles. The Hall–Kier alpha value is -1.43. The van der Waals surface area contributed by atoms with E-state index in [1.54, 1.807) is 0 Å². The number of rotatable bonds is 6. The van der Waals surface area contributed by atoms with Gasteiger partial charge in [0.05, 0.1) is 6.61 Å². The molecule has 5 nitrogen and oxygen atoms in total. The van der Waals surface area contributed by atoms with E-state index in [4.69, 9.17) is 4.74 Å². The van der Waals surface area contributed by atoms with Gasteiger partial charge >= 0.3 is 0 Å². The smallest absolute Gasteiger partial charge is 0.253 e. The number of ether oxygens (including phenoxy) is 1. The summed E-state index contributed by atoms with van der Waals surface area (Å²) in [5.74, 6) is 0.880. The fourth-order valence-electron chi connectivity index (χ4n) is 3.75. The first-order valence-corrected chi connectivity index (χ1v) is 9.63. The van der Waals surface area contributed by atoms with Gasteiger partial charge in [0.15, 0.2) is 0 Å². The molecule has 1 aromatic rings. The van der Waals surface area contributed by atoms with Gasteiger partial charge in [-0.05, 0) is 37.4 Å². The Kier molecular flexibility index (Phi) is 6.84. The van der Waals surface area contributed by atoms with Gasteiger partial charge in [-0.25, -0.2) is 0 Å². The summed E-state index contributed by atoms with van der Waals surface area (Å²) in [6.07, 6.45) is 1.89. The molecule has 2 aliphatic heterocycles. The molecule has 2 aliphatic rings. The number of hydrogen-bond acceptors (Lipinski definition) is 4. The van der Waals surface area contributed by atoms with Crippen LogP contribution in [0.4, 0.5) is 0 Å². The predicted molar refractivity (Wildman–Crippen MR) is 99.3 cm³/mol. The second-order valence-corrected chi connectivity index (χ2v) is 7.16. The van der Waals surface area contributed by atoms with E-state index in [2.05, 4.69) is 41.4 Å². The molecule has 2 fully saturated rings. The zero-order chi connectivity index (χ0) is 17.5. The molecule has 0 bridgehead atoms. The Bertz CT molecular complexity index is 529. The van der Waals surface area contributed by atoms with E-state index in [0.717, 1.165) is 52.1 Å². The normalized spacial score (nSPS) is 22.9. The van der Waals surface area contributed by atoms with Gasteiger partial charge in [-0.15, -0.1) is 0 Å². The number of morpholine rings is 1. The van der Waals surface area contributed by atoms with Crippen molar-refractivity contribution in [1.29, 1.82) is 0 Å². The van der Waals surface area contributed by atoms with Gasteiger partial charge in [0.2, 0.25) is 0 Å². The number of likely N-dealkylation sites (tertiary alicyclic amines) is 1. The number of hydrogen-bond donors (Lipinski definition) is 1. The second kappa shape index (κ2) is 9.32. The Morgan fingerprint density at radius 3 is 2.68 bits per heavy atom. The monoisotopic (exact) mass is 345 g/mol. The molecule has 0 saturated carbocycles. The van der Waals surface area contributed by atoms with E-state index in [1.807, 2.05) is 11.0 Å². The molecule has 5 heteroatoms. The average Bonchev–Trinajstić information content (AvgIpc) is 2.67. The summed E-state index contributed by atoms with van der Waals surface area (Å²) >= 11 is 0. The SMILES string of the molecule is CCNCC1CCN(C(=O)C2CN(Cc3ccccc3)CCO2)CC1. The minimum absolute atomic E-state index is 0.180. The topological polar surface area (TPSA) is 44.8 Å². The van der Waals surface area contributed by atoms with Crippen LogP contribution in [0.3, 0.4) is 0 Å². The van der Waals surface area contributed by atoms with Crippen LogP contribution in [0.2, 0.25) is 0 Å². The standard InChI is InChI=1S/C20H31N3O2/c1-2-21-14-17-8-10-23(11-9-17)20(24)19-16-22(12-13-25-19)15-18-6-4-3-5-7-18/h3-7,17,19,21H,2,8-16H2,1H3. The highest BCUT2D eigenvalue weighted by Crippen LogP contribution is 2.19. The summed E-state index contributed by atoms with van der Waals surface area (Å²) in [5.41, 5.74) is 1.29. The molecular formula is C20H31N3O2. The highest BCUT2D eigenvalue weighted by molar-refractivity contribution is 5.81. The molecule has 3 rings (SSSR count). The van der Waals surface area contributed by atoms with Crippen molar-refractivity contribution in [3.8, 4) is 0 Å². The van der Waals surface area contributed by atoms with Crippen LogP contribution in [-0.2, 0) is 16.1 Å². The van der Waals surface area contributed by atoms with Crippen LogP contribution in [0.5, 0.6) is 0 Å². The maximum Gasteiger partial charge on any atom is 0.253 e. The number of nitrogens with one attached hydrogen (secondary N) is 1. The Morgan fingerprint density at radius 2 is 1.96 bits per heavy atom. The molecule has 1 unspecified atom stereocenters. The van der Waals surface area contributed by atoms with Gasteiger partial charge in [-0.2, -0.15) is 0 Å². The fraction of sp³-hybridized carbons (Fsp3) is 0.650. The van der Waals surface area contributed by atoms with Crippen molar-refractivity contribution in [3.05, 3.63) is 35.9 Å². The zero-order valence-electron chi connectivity index (χ0n) is 15.3. The Balaban J connectivity index is 1.47. The molecule has 1 amide bonds. The van der Waals surface area contributed by atoms with Gasteiger partial charge in [-0.1, -0.05) is 37.3 Å². The van der Waals surface area contributed by atoms with Gasteiger partial charge in [0, 0.05) is 32.7 Å². The number of carbonyl (C=O) groups excluding carboxylic acids is 1.